The van der Waals surface area contributed by atoms with Crippen molar-refractivity contribution < 1.29 is 13.6 Å². The number of rotatable bonds is 4. The minimum absolute atomic E-state index is 0.0442. The highest BCUT2D eigenvalue weighted by atomic mass is 16.4. The Kier molecular flexibility index (Phi) is 4.46. The molecule has 8 heteroatoms. The molecule has 8 nitrogen and oxygen atoms in total. The summed E-state index contributed by atoms with van der Waals surface area (Å²) in [6.45, 7) is 0. The van der Waals surface area contributed by atoms with E-state index in [9.17, 15) is 4.79 Å². The van der Waals surface area contributed by atoms with Gasteiger partial charge in [-0.05, 0) is 36.4 Å². The Morgan fingerprint density at radius 1 is 1.00 bits per heavy atom. The van der Waals surface area contributed by atoms with Crippen molar-refractivity contribution in [2.24, 2.45) is 0 Å². The first-order chi connectivity index (χ1) is 15.2. The summed E-state index contributed by atoms with van der Waals surface area (Å²) in [5, 5.41) is 20.1. The fraction of sp³-hybridized carbons (Fsp3) is 0. The lowest BCUT2D eigenvalue weighted by Crippen LogP contribution is -2.13. The van der Waals surface area contributed by atoms with E-state index < -0.39 is 5.91 Å². The van der Waals surface area contributed by atoms with E-state index in [-0.39, 0.29) is 11.9 Å². The second-order valence-electron chi connectivity index (χ2n) is 6.61. The van der Waals surface area contributed by atoms with E-state index in [0.717, 1.165) is 5.56 Å². The molecule has 3 heterocycles. The van der Waals surface area contributed by atoms with Crippen LogP contribution in [0.1, 0.15) is 15.9 Å². The molecule has 148 valence electrons. The molecule has 31 heavy (non-hydrogen) atoms. The average molecular weight is 407 g/mol. The highest BCUT2D eigenvalue weighted by molar-refractivity contribution is 6.12. The molecule has 1 N–H and O–H groups in total. The van der Waals surface area contributed by atoms with Gasteiger partial charge in [-0.1, -0.05) is 35.4 Å². The molecule has 5 aromatic rings. The Morgan fingerprint density at radius 2 is 1.84 bits per heavy atom. The average Bonchev–Trinajstić information content (AvgIpc) is 3.50. The lowest BCUT2D eigenvalue weighted by Gasteiger charge is -2.09. The second-order valence-corrected chi connectivity index (χ2v) is 6.61. The maximum atomic E-state index is 13.1. The maximum absolute atomic E-state index is 13.1. The Bertz CT molecular complexity index is 1430. The molecule has 0 spiro atoms. The molecular formula is C23H13N5O3. The SMILES string of the molecule is N#Cc1ccc(-c2cc(C(=O)Nc3nnc(-c4ccco4)o3)c3ccccc3n2)cc1. The minimum Gasteiger partial charge on any atom is -0.459 e. The largest absolute Gasteiger partial charge is 0.459 e. The smallest absolute Gasteiger partial charge is 0.322 e. The molecule has 0 aliphatic rings. The third-order valence-corrected chi connectivity index (χ3v) is 4.65. The summed E-state index contributed by atoms with van der Waals surface area (Å²) < 4.78 is 10.7. The van der Waals surface area contributed by atoms with Gasteiger partial charge in [-0.2, -0.15) is 5.26 Å². The van der Waals surface area contributed by atoms with Gasteiger partial charge in [0.2, 0.25) is 0 Å². The predicted octanol–water partition coefficient (Wildman–Crippen LogP) is 4.67. The van der Waals surface area contributed by atoms with Gasteiger partial charge in [0.05, 0.1) is 34.7 Å². The topological polar surface area (TPSA) is 118 Å². The number of para-hydroxylation sites is 1. The number of aromatic nitrogens is 3. The molecule has 0 aliphatic carbocycles. The van der Waals surface area contributed by atoms with Gasteiger partial charge in [-0.3, -0.25) is 10.1 Å². The van der Waals surface area contributed by atoms with E-state index in [4.69, 9.17) is 14.1 Å². The zero-order chi connectivity index (χ0) is 21.2. The predicted molar refractivity (Wildman–Crippen MR) is 112 cm³/mol. The summed E-state index contributed by atoms with van der Waals surface area (Å²) >= 11 is 0. The molecule has 0 saturated carbocycles. The molecule has 2 aromatic carbocycles. The standard InChI is InChI=1S/C23H13N5O3/c24-13-14-7-9-15(10-8-14)19-12-17(16-4-1-2-5-18(16)25-19)21(29)26-23-28-27-22(31-23)20-6-3-11-30-20/h1-12H,(H,26,28,29). The number of carbonyl (C=O) groups excluding carboxylic acids is 1. The van der Waals surface area contributed by atoms with E-state index in [1.165, 1.54) is 6.26 Å². The molecule has 5 rings (SSSR count). The third kappa shape index (κ3) is 3.52. The minimum atomic E-state index is -0.414. The van der Waals surface area contributed by atoms with E-state index in [1.54, 1.807) is 42.5 Å². The second kappa shape index (κ2) is 7.57. The van der Waals surface area contributed by atoms with Crippen molar-refractivity contribution in [3.8, 4) is 29.0 Å². The number of furan rings is 1. The van der Waals surface area contributed by atoms with E-state index in [0.29, 0.717) is 33.5 Å². The lowest BCUT2D eigenvalue weighted by atomic mass is 10.0. The van der Waals surface area contributed by atoms with Crippen molar-refractivity contribution in [3.05, 3.63) is 84.1 Å². The fourth-order valence-electron chi connectivity index (χ4n) is 3.16. The number of hydrogen-bond donors (Lipinski definition) is 1. The molecule has 0 radical (unpaired) electrons. The van der Waals surface area contributed by atoms with Gasteiger partial charge in [0.15, 0.2) is 5.76 Å². The summed E-state index contributed by atoms with van der Waals surface area (Å²) in [5.41, 5.74) is 3.01. The van der Waals surface area contributed by atoms with Crippen molar-refractivity contribution in [2.45, 2.75) is 0 Å². The van der Waals surface area contributed by atoms with Crippen LogP contribution >= 0.6 is 0 Å². The molecule has 0 aliphatic heterocycles. The fourth-order valence-corrected chi connectivity index (χ4v) is 3.16. The number of anilines is 1. The Balaban J connectivity index is 1.52. The Hall–Kier alpha value is -4.77. The van der Waals surface area contributed by atoms with Crippen molar-refractivity contribution in [1.29, 1.82) is 5.26 Å². The molecule has 3 aromatic heterocycles. The number of benzene rings is 2. The number of hydrogen-bond acceptors (Lipinski definition) is 7. The molecule has 1 amide bonds. The highest BCUT2D eigenvalue weighted by Crippen LogP contribution is 2.26. The van der Waals surface area contributed by atoms with Crippen LogP contribution in [0.2, 0.25) is 0 Å². The number of carbonyl (C=O) groups is 1. The van der Waals surface area contributed by atoms with Gasteiger partial charge in [0.1, 0.15) is 0 Å². The van der Waals surface area contributed by atoms with Crippen LogP contribution in [0.4, 0.5) is 6.01 Å². The summed E-state index contributed by atoms with van der Waals surface area (Å²) in [5.74, 6) is 0.159. The van der Waals surface area contributed by atoms with Gasteiger partial charge < -0.3 is 8.83 Å². The molecule has 0 fully saturated rings. The van der Waals surface area contributed by atoms with Crippen LogP contribution in [0.15, 0.2) is 81.8 Å². The van der Waals surface area contributed by atoms with E-state index >= 15 is 0 Å². The first-order valence-electron chi connectivity index (χ1n) is 9.30. The van der Waals surface area contributed by atoms with Gasteiger partial charge in [-0.15, -0.1) is 5.10 Å². The van der Waals surface area contributed by atoms with Gasteiger partial charge >= 0.3 is 6.01 Å². The Morgan fingerprint density at radius 3 is 2.61 bits per heavy atom. The molecule has 0 bridgehead atoms. The number of fused-ring (bicyclic) bond motifs is 1. The zero-order valence-corrected chi connectivity index (χ0v) is 15.9. The molecular weight excluding hydrogens is 394 g/mol. The van der Waals surface area contributed by atoms with Crippen molar-refractivity contribution in [2.75, 3.05) is 5.32 Å². The normalized spacial score (nSPS) is 10.7. The van der Waals surface area contributed by atoms with Gasteiger partial charge in [0.25, 0.3) is 11.8 Å². The molecule has 0 atom stereocenters. The summed E-state index contributed by atoms with van der Waals surface area (Å²) in [4.78, 5) is 17.7. The number of nitrogens with zero attached hydrogens (tertiary/aromatic N) is 4. The monoisotopic (exact) mass is 407 g/mol. The number of pyridine rings is 1. The van der Waals surface area contributed by atoms with Crippen LogP contribution in [-0.4, -0.2) is 21.1 Å². The van der Waals surface area contributed by atoms with Crippen LogP contribution in [0.5, 0.6) is 0 Å². The zero-order valence-electron chi connectivity index (χ0n) is 15.9. The van der Waals surface area contributed by atoms with Crippen LogP contribution in [0, 0.1) is 11.3 Å². The quantitative estimate of drug-likeness (QED) is 0.460. The van der Waals surface area contributed by atoms with Crippen molar-refractivity contribution in [3.63, 3.8) is 0 Å². The van der Waals surface area contributed by atoms with Crippen LogP contribution in [0.25, 0.3) is 33.8 Å². The van der Waals surface area contributed by atoms with E-state index in [2.05, 4.69) is 26.6 Å². The summed E-state index contributed by atoms with van der Waals surface area (Å²) in [6, 6.07) is 21.5. The summed E-state index contributed by atoms with van der Waals surface area (Å²) in [6.07, 6.45) is 1.49. The van der Waals surface area contributed by atoms with Crippen molar-refractivity contribution >= 4 is 22.8 Å². The van der Waals surface area contributed by atoms with Gasteiger partial charge in [-0.25, -0.2) is 4.98 Å². The maximum Gasteiger partial charge on any atom is 0.322 e. The first-order valence-corrected chi connectivity index (χ1v) is 9.30. The summed E-state index contributed by atoms with van der Waals surface area (Å²) in [7, 11) is 0. The van der Waals surface area contributed by atoms with Gasteiger partial charge in [0, 0.05) is 10.9 Å². The van der Waals surface area contributed by atoms with Crippen LogP contribution < -0.4 is 5.32 Å². The van der Waals surface area contributed by atoms with E-state index in [1.807, 2.05) is 24.3 Å². The lowest BCUT2D eigenvalue weighted by molar-refractivity contribution is 0.102. The number of nitriles is 1. The first kappa shape index (κ1) is 18.3. The third-order valence-electron chi connectivity index (χ3n) is 4.65. The molecule has 0 unspecified atom stereocenters. The Labute approximate surface area is 175 Å². The number of amides is 1. The van der Waals surface area contributed by atoms with Crippen LogP contribution in [-0.2, 0) is 0 Å². The highest BCUT2D eigenvalue weighted by Gasteiger charge is 2.18. The molecule has 0 saturated heterocycles. The van der Waals surface area contributed by atoms with Crippen LogP contribution in [0.3, 0.4) is 0 Å². The number of nitrogens with one attached hydrogen (secondary N) is 1. The van der Waals surface area contributed by atoms with Crippen molar-refractivity contribution in [1.82, 2.24) is 15.2 Å².